The van der Waals surface area contributed by atoms with E-state index in [1.165, 1.54) is 25.7 Å². The molecule has 1 fully saturated rings. The third-order valence-corrected chi connectivity index (χ3v) is 2.56. The normalized spacial score (nSPS) is 18.4. The first-order valence-electron chi connectivity index (χ1n) is 5.44. The number of ether oxygens (including phenoxy) is 1. The van der Waals surface area contributed by atoms with E-state index in [4.69, 9.17) is 4.74 Å². The molecular formula is C13H20O. The Kier molecular flexibility index (Phi) is 5.13. The molecule has 1 aliphatic carbocycles. The molecule has 0 N–H and O–H groups in total. The van der Waals surface area contributed by atoms with Gasteiger partial charge in [0.25, 0.3) is 0 Å². The van der Waals surface area contributed by atoms with E-state index in [9.17, 15) is 0 Å². The van der Waals surface area contributed by atoms with Crippen LogP contribution >= 0.6 is 0 Å². The summed E-state index contributed by atoms with van der Waals surface area (Å²) in [5, 5.41) is 0. The van der Waals surface area contributed by atoms with Crippen LogP contribution in [-0.4, -0.2) is 6.61 Å². The maximum absolute atomic E-state index is 5.56. The lowest BCUT2D eigenvalue weighted by Gasteiger charge is -2.10. The standard InChI is InChI=1S/C13H20O/c1-3-4-5-8-12(2)14-11-13-9-6-7-10-13/h3-5,8,13H,2,6-7,9-11H2,1H3. The van der Waals surface area contributed by atoms with Crippen molar-refractivity contribution in [3.05, 3.63) is 36.6 Å². The Labute approximate surface area is 87.2 Å². The summed E-state index contributed by atoms with van der Waals surface area (Å²) in [4.78, 5) is 0. The van der Waals surface area contributed by atoms with Gasteiger partial charge in [-0.15, -0.1) is 0 Å². The van der Waals surface area contributed by atoms with Gasteiger partial charge in [-0.1, -0.05) is 37.6 Å². The molecule has 0 radical (unpaired) electrons. The molecule has 0 aliphatic heterocycles. The highest BCUT2D eigenvalue weighted by atomic mass is 16.5. The Balaban J connectivity index is 2.13. The lowest BCUT2D eigenvalue weighted by Crippen LogP contribution is -2.03. The Morgan fingerprint density at radius 2 is 2.07 bits per heavy atom. The Hall–Kier alpha value is -0.980. The van der Waals surface area contributed by atoms with E-state index in [2.05, 4.69) is 6.58 Å². The Morgan fingerprint density at radius 3 is 2.71 bits per heavy atom. The summed E-state index contributed by atoms with van der Waals surface area (Å²) < 4.78 is 5.56. The van der Waals surface area contributed by atoms with Crippen molar-refractivity contribution in [2.45, 2.75) is 32.6 Å². The van der Waals surface area contributed by atoms with E-state index in [-0.39, 0.29) is 0 Å². The van der Waals surface area contributed by atoms with Crippen molar-refractivity contribution in [2.75, 3.05) is 6.61 Å². The summed E-state index contributed by atoms with van der Waals surface area (Å²) in [6, 6.07) is 0. The number of allylic oxidation sites excluding steroid dienone is 4. The Morgan fingerprint density at radius 1 is 1.36 bits per heavy atom. The maximum atomic E-state index is 5.56. The summed E-state index contributed by atoms with van der Waals surface area (Å²) in [6.07, 6.45) is 13.2. The van der Waals surface area contributed by atoms with Crippen LogP contribution in [0.25, 0.3) is 0 Å². The van der Waals surface area contributed by atoms with Crippen LogP contribution in [0.1, 0.15) is 32.6 Å². The van der Waals surface area contributed by atoms with Gasteiger partial charge in [-0.3, -0.25) is 0 Å². The van der Waals surface area contributed by atoms with E-state index in [0.29, 0.717) is 0 Å². The van der Waals surface area contributed by atoms with Crippen LogP contribution in [0.4, 0.5) is 0 Å². The number of hydrogen-bond acceptors (Lipinski definition) is 1. The molecule has 0 aromatic rings. The molecule has 0 atom stereocenters. The molecule has 1 saturated carbocycles. The fourth-order valence-electron chi connectivity index (χ4n) is 1.72. The molecule has 78 valence electrons. The van der Waals surface area contributed by atoms with Crippen molar-refractivity contribution in [1.29, 1.82) is 0 Å². The molecule has 14 heavy (non-hydrogen) atoms. The van der Waals surface area contributed by atoms with Gasteiger partial charge >= 0.3 is 0 Å². The largest absolute Gasteiger partial charge is 0.494 e. The fraction of sp³-hybridized carbons (Fsp3) is 0.538. The number of rotatable bonds is 5. The lowest BCUT2D eigenvalue weighted by atomic mass is 10.1. The minimum Gasteiger partial charge on any atom is -0.494 e. The van der Waals surface area contributed by atoms with Crippen LogP contribution in [0.2, 0.25) is 0 Å². The molecule has 0 aromatic carbocycles. The maximum Gasteiger partial charge on any atom is 0.112 e. The molecule has 1 rings (SSSR count). The fourth-order valence-corrected chi connectivity index (χ4v) is 1.72. The van der Waals surface area contributed by atoms with Crippen LogP contribution in [0.15, 0.2) is 36.6 Å². The van der Waals surface area contributed by atoms with E-state index in [1.54, 1.807) is 0 Å². The van der Waals surface area contributed by atoms with Crippen LogP contribution < -0.4 is 0 Å². The van der Waals surface area contributed by atoms with Crippen molar-refractivity contribution < 1.29 is 4.74 Å². The highest BCUT2D eigenvalue weighted by Gasteiger charge is 2.14. The third kappa shape index (κ3) is 4.31. The highest BCUT2D eigenvalue weighted by Crippen LogP contribution is 2.25. The zero-order valence-corrected chi connectivity index (χ0v) is 9.04. The molecule has 0 saturated heterocycles. The van der Waals surface area contributed by atoms with Crippen molar-refractivity contribution >= 4 is 0 Å². The Bertz CT molecular complexity index is 219. The minimum absolute atomic E-state index is 0.766. The van der Waals surface area contributed by atoms with Crippen LogP contribution in [0.5, 0.6) is 0 Å². The third-order valence-electron chi connectivity index (χ3n) is 2.56. The van der Waals surface area contributed by atoms with Crippen LogP contribution in [-0.2, 0) is 4.74 Å². The smallest absolute Gasteiger partial charge is 0.112 e. The van der Waals surface area contributed by atoms with E-state index >= 15 is 0 Å². The predicted molar refractivity (Wildman–Crippen MR) is 61.0 cm³/mol. The van der Waals surface area contributed by atoms with Gasteiger partial charge in [0.15, 0.2) is 0 Å². The monoisotopic (exact) mass is 192 g/mol. The zero-order chi connectivity index (χ0) is 10.2. The van der Waals surface area contributed by atoms with Gasteiger partial charge in [-0.25, -0.2) is 0 Å². The summed E-state index contributed by atoms with van der Waals surface area (Å²) in [6.45, 7) is 6.68. The lowest BCUT2D eigenvalue weighted by molar-refractivity contribution is 0.178. The van der Waals surface area contributed by atoms with Crippen LogP contribution in [0, 0.1) is 5.92 Å². The van der Waals surface area contributed by atoms with E-state index in [1.807, 2.05) is 31.2 Å². The van der Waals surface area contributed by atoms with Crippen molar-refractivity contribution in [2.24, 2.45) is 5.92 Å². The second-order valence-corrected chi connectivity index (χ2v) is 3.81. The van der Waals surface area contributed by atoms with Gasteiger partial charge in [0.2, 0.25) is 0 Å². The van der Waals surface area contributed by atoms with Gasteiger partial charge < -0.3 is 4.74 Å². The first-order chi connectivity index (χ1) is 6.83. The topological polar surface area (TPSA) is 9.23 Å². The molecular weight excluding hydrogens is 172 g/mol. The molecule has 0 heterocycles. The summed E-state index contributed by atoms with van der Waals surface area (Å²) in [5.74, 6) is 1.54. The SMILES string of the molecule is C=C(C=CC=CC)OCC1CCCC1. The minimum atomic E-state index is 0.766. The van der Waals surface area contributed by atoms with Crippen LogP contribution in [0.3, 0.4) is 0 Å². The number of hydrogen-bond donors (Lipinski definition) is 0. The first-order valence-corrected chi connectivity index (χ1v) is 5.44. The second-order valence-electron chi connectivity index (χ2n) is 3.81. The quantitative estimate of drug-likeness (QED) is 0.475. The average molecular weight is 192 g/mol. The summed E-state index contributed by atoms with van der Waals surface area (Å²) in [7, 11) is 0. The first kappa shape index (κ1) is 11.1. The van der Waals surface area contributed by atoms with E-state index in [0.717, 1.165) is 18.3 Å². The molecule has 0 amide bonds. The van der Waals surface area contributed by atoms with Crippen molar-refractivity contribution in [3.8, 4) is 0 Å². The molecule has 0 aromatic heterocycles. The molecule has 0 unspecified atom stereocenters. The van der Waals surface area contributed by atoms with Gasteiger partial charge in [-0.05, 0) is 31.8 Å². The van der Waals surface area contributed by atoms with E-state index < -0.39 is 0 Å². The predicted octanol–water partition coefficient (Wildman–Crippen LogP) is 3.84. The van der Waals surface area contributed by atoms with Gasteiger partial charge in [-0.2, -0.15) is 0 Å². The second kappa shape index (κ2) is 6.47. The van der Waals surface area contributed by atoms with Crippen molar-refractivity contribution in [3.63, 3.8) is 0 Å². The highest BCUT2D eigenvalue weighted by molar-refractivity contribution is 5.13. The summed E-state index contributed by atoms with van der Waals surface area (Å²) in [5.41, 5.74) is 0. The molecule has 1 heteroatoms. The average Bonchev–Trinajstić information content (AvgIpc) is 2.68. The molecule has 0 bridgehead atoms. The van der Waals surface area contributed by atoms with Gasteiger partial charge in [0.05, 0.1) is 6.61 Å². The van der Waals surface area contributed by atoms with Crippen molar-refractivity contribution in [1.82, 2.24) is 0 Å². The summed E-state index contributed by atoms with van der Waals surface area (Å²) >= 11 is 0. The molecule has 1 nitrogen and oxygen atoms in total. The molecule has 1 aliphatic rings. The van der Waals surface area contributed by atoms with Gasteiger partial charge in [0.1, 0.15) is 5.76 Å². The molecule has 0 spiro atoms. The zero-order valence-electron chi connectivity index (χ0n) is 9.04. The van der Waals surface area contributed by atoms with Gasteiger partial charge in [0, 0.05) is 0 Å².